The van der Waals surface area contributed by atoms with Gasteiger partial charge in [0.05, 0.1) is 4.92 Å². The van der Waals surface area contributed by atoms with Crippen LogP contribution in [0.2, 0.25) is 0 Å². The Hall–Kier alpha value is -2.83. The molecule has 0 saturated carbocycles. The van der Waals surface area contributed by atoms with Crippen LogP contribution in [0, 0.1) is 24.0 Å². The first-order valence-corrected chi connectivity index (χ1v) is 6.09. The highest BCUT2D eigenvalue weighted by molar-refractivity contribution is 5.88. The fraction of sp³-hybridized carbons (Fsp3) is 0.214. The summed E-state index contributed by atoms with van der Waals surface area (Å²) < 4.78 is 10.7. The van der Waals surface area contributed by atoms with Crippen LogP contribution in [0.4, 0.5) is 5.69 Å². The van der Waals surface area contributed by atoms with Crippen molar-refractivity contribution in [2.24, 2.45) is 0 Å². The predicted molar refractivity (Wildman–Crippen MR) is 72.6 cm³/mol. The van der Waals surface area contributed by atoms with Crippen LogP contribution in [0.5, 0.6) is 5.75 Å². The van der Waals surface area contributed by atoms with Gasteiger partial charge < -0.3 is 14.3 Å². The number of carboxylic acid groups (broad SMARTS) is 1. The smallest absolute Gasteiger partial charge is 0.339 e. The number of aromatic carboxylic acids is 1. The molecule has 0 fully saturated rings. The van der Waals surface area contributed by atoms with Gasteiger partial charge in [-0.15, -0.1) is 0 Å². The number of nitro benzene ring substituents is 1. The molecule has 0 unspecified atom stereocenters. The summed E-state index contributed by atoms with van der Waals surface area (Å²) in [7, 11) is 0. The highest BCUT2D eigenvalue weighted by atomic mass is 16.6. The molecule has 0 aliphatic rings. The molecule has 0 atom stereocenters. The summed E-state index contributed by atoms with van der Waals surface area (Å²) in [6, 6.07) is 5.79. The van der Waals surface area contributed by atoms with Crippen LogP contribution in [0.1, 0.15) is 27.4 Å². The molecule has 7 nitrogen and oxygen atoms in total. The molecule has 0 saturated heterocycles. The third kappa shape index (κ3) is 3.19. The standard InChI is InChI=1S/C14H13NO6/c1-8-5-10(3-4-13(8)15(18)19)20-7-11-6-12(14(16)17)9(2)21-11/h3-6H,7H2,1-2H3,(H,16,17). The average Bonchev–Trinajstić information content (AvgIpc) is 2.77. The minimum Gasteiger partial charge on any atom is -0.486 e. The second-order valence-corrected chi connectivity index (χ2v) is 4.48. The van der Waals surface area contributed by atoms with E-state index in [-0.39, 0.29) is 17.9 Å². The molecule has 0 aliphatic heterocycles. The minimum absolute atomic E-state index is 0.0179. The second kappa shape index (κ2) is 5.66. The van der Waals surface area contributed by atoms with E-state index < -0.39 is 10.9 Å². The molecule has 1 aromatic heterocycles. The van der Waals surface area contributed by atoms with Gasteiger partial charge in [-0.1, -0.05) is 0 Å². The van der Waals surface area contributed by atoms with Gasteiger partial charge in [-0.05, 0) is 32.0 Å². The van der Waals surface area contributed by atoms with Crippen LogP contribution in [-0.4, -0.2) is 16.0 Å². The fourth-order valence-corrected chi connectivity index (χ4v) is 1.90. The molecule has 2 aromatic rings. The number of furan rings is 1. The third-order valence-corrected chi connectivity index (χ3v) is 2.95. The van der Waals surface area contributed by atoms with E-state index in [4.69, 9.17) is 14.3 Å². The maximum atomic E-state index is 10.9. The van der Waals surface area contributed by atoms with Gasteiger partial charge in [-0.25, -0.2) is 4.79 Å². The lowest BCUT2D eigenvalue weighted by atomic mass is 10.2. The van der Waals surface area contributed by atoms with Crippen molar-refractivity contribution in [2.75, 3.05) is 0 Å². The van der Waals surface area contributed by atoms with E-state index in [0.29, 0.717) is 22.8 Å². The molecule has 1 aromatic carbocycles. The molecule has 2 rings (SSSR count). The zero-order valence-electron chi connectivity index (χ0n) is 11.5. The lowest BCUT2D eigenvalue weighted by Gasteiger charge is -2.05. The van der Waals surface area contributed by atoms with Crippen LogP contribution >= 0.6 is 0 Å². The first-order valence-electron chi connectivity index (χ1n) is 6.09. The van der Waals surface area contributed by atoms with E-state index in [9.17, 15) is 14.9 Å². The Labute approximate surface area is 119 Å². The van der Waals surface area contributed by atoms with Crippen LogP contribution in [0.3, 0.4) is 0 Å². The van der Waals surface area contributed by atoms with Crippen molar-refractivity contribution in [3.05, 3.63) is 57.0 Å². The molecule has 7 heteroatoms. The molecule has 0 aliphatic carbocycles. The van der Waals surface area contributed by atoms with Crippen molar-refractivity contribution in [1.82, 2.24) is 0 Å². The number of nitrogens with zero attached hydrogens (tertiary/aromatic N) is 1. The first kappa shape index (κ1) is 14.6. The quantitative estimate of drug-likeness (QED) is 0.670. The lowest BCUT2D eigenvalue weighted by molar-refractivity contribution is -0.385. The van der Waals surface area contributed by atoms with Gasteiger partial charge in [0, 0.05) is 11.6 Å². The van der Waals surface area contributed by atoms with Crippen LogP contribution in [-0.2, 0) is 6.61 Å². The van der Waals surface area contributed by atoms with E-state index in [0.717, 1.165) is 0 Å². The van der Waals surface area contributed by atoms with Crippen molar-refractivity contribution in [1.29, 1.82) is 0 Å². The van der Waals surface area contributed by atoms with Gasteiger partial charge in [0.2, 0.25) is 0 Å². The average molecular weight is 291 g/mol. The number of hydrogen-bond acceptors (Lipinski definition) is 5. The van der Waals surface area contributed by atoms with E-state index in [1.807, 2.05) is 0 Å². The second-order valence-electron chi connectivity index (χ2n) is 4.48. The Morgan fingerprint density at radius 2 is 2.10 bits per heavy atom. The highest BCUT2D eigenvalue weighted by Gasteiger charge is 2.15. The summed E-state index contributed by atoms with van der Waals surface area (Å²) in [6.07, 6.45) is 0. The maximum Gasteiger partial charge on any atom is 0.339 e. The van der Waals surface area contributed by atoms with Crippen LogP contribution in [0.25, 0.3) is 0 Å². The number of carboxylic acids is 1. The molecule has 110 valence electrons. The molecule has 21 heavy (non-hydrogen) atoms. The Kier molecular flexibility index (Phi) is 3.93. The maximum absolute atomic E-state index is 10.9. The van der Waals surface area contributed by atoms with Gasteiger partial charge in [0.25, 0.3) is 5.69 Å². The summed E-state index contributed by atoms with van der Waals surface area (Å²) in [5.41, 5.74) is 0.595. The molecule has 0 bridgehead atoms. The molecular formula is C14H13NO6. The normalized spacial score (nSPS) is 10.4. The van der Waals surface area contributed by atoms with E-state index >= 15 is 0 Å². The van der Waals surface area contributed by atoms with Crippen molar-refractivity contribution in [3.8, 4) is 5.75 Å². The van der Waals surface area contributed by atoms with Crippen molar-refractivity contribution in [2.45, 2.75) is 20.5 Å². The number of nitro groups is 1. The lowest BCUT2D eigenvalue weighted by Crippen LogP contribution is -1.97. The number of hydrogen-bond donors (Lipinski definition) is 1. The number of ether oxygens (including phenoxy) is 1. The van der Waals surface area contributed by atoms with E-state index in [1.54, 1.807) is 19.9 Å². The summed E-state index contributed by atoms with van der Waals surface area (Å²) in [5, 5.41) is 19.6. The van der Waals surface area contributed by atoms with Crippen molar-refractivity contribution >= 4 is 11.7 Å². The third-order valence-electron chi connectivity index (χ3n) is 2.95. The Balaban J connectivity index is 2.10. The predicted octanol–water partition coefficient (Wildman–Crippen LogP) is 3.08. The minimum atomic E-state index is -1.06. The number of aryl methyl sites for hydroxylation is 2. The summed E-state index contributed by atoms with van der Waals surface area (Å²) in [5.74, 6) is 0.0691. The zero-order valence-corrected chi connectivity index (χ0v) is 11.5. The SMILES string of the molecule is Cc1cc(OCc2cc(C(=O)O)c(C)o2)ccc1[N+](=O)[O-]. The van der Waals surface area contributed by atoms with Crippen molar-refractivity contribution in [3.63, 3.8) is 0 Å². The number of carbonyl (C=O) groups is 1. The summed E-state index contributed by atoms with van der Waals surface area (Å²) in [4.78, 5) is 21.1. The topological polar surface area (TPSA) is 103 Å². The Bertz CT molecular complexity index is 703. The number of rotatable bonds is 5. The molecule has 0 spiro atoms. The largest absolute Gasteiger partial charge is 0.486 e. The molecule has 1 heterocycles. The van der Waals surface area contributed by atoms with Gasteiger partial charge in [0.1, 0.15) is 29.4 Å². The van der Waals surface area contributed by atoms with Gasteiger partial charge in [0.15, 0.2) is 0 Å². The fourth-order valence-electron chi connectivity index (χ4n) is 1.90. The molecule has 1 N–H and O–H groups in total. The molecule has 0 radical (unpaired) electrons. The highest BCUT2D eigenvalue weighted by Crippen LogP contribution is 2.24. The number of benzene rings is 1. The Morgan fingerprint density at radius 1 is 1.38 bits per heavy atom. The van der Waals surface area contributed by atoms with Gasteiger partial charge in [-0.2, -0.15) is 0 Å². The summed E-state index contributed by atoms with van der Waals surface area (Å²) in [6.45, 7) is 3.22. The van der Waals surface area contributed by atoms with Crippen LogP contribution < -0.4 is 4.74 Å². The van der Waals surface area contributed by atoms with E-state index in [2.05, 4.69) is 0 Å². The molecular weight excluding hydrogens is 278 g/mol. The Morgan fingerprint density at radius 3 is 2.62 bits per heavy atom. The van der Waals surface area contributed by atoms with Gasteiger partial charge in [-0.3, -0.25) is 10.1 Å². The zero-order chi connectivity index (χ0) is 15.6. The van der Waals surface area contributed by atoms with Crippen molar-refractivity contribution < 1.29 is 24.0 Å². The van der Waals surface area contributed by atoms with Crippen LogP contribution in [0.15, 0.2) is 28.7 Å². The monoisotopic (exact) mass is 291 g/mol. The van der Waals surface area contributed by atoms with E-state index in [1.165, 1.54) is 18.2 Å². The van der Waals surface area contributed by atoms with Gasteiger partial charge >= 0.3 is 5.97 Å². The first-order chi connectivity index (χ1) is 9.88. The molecule has 0 amide bonds. The summed E-state index contributed by atoms with van der Waals surface area (Å²) >= 11 is 0.